The van der Waals surface area contributed by atoms with Crippen LogP contribution >= 0.6 is 0 Å². The fraction of sp³-hybridized carbons (Fsp3) is 0.290. The topological polar surface area (TPSA) is 132 Å². The molecule has 5 rings (SSSR count). The summed E-state index contributed by atoms with van der Waals surface area (Å²) in [7, 11) is 0. The highest BCUT2D eigenvalue weighted by Crippen LogP contribution is 2.32. The minimum absolute atomic E-state index is 0.109. The number of para-hydroxylation sites is 1. The molecule has 3 heterocycles. The van der Waals surface area contributed by atoms with Crippen LogP contribution in [0.5, 0.6) is 0 Å². The maximum Gasteiger partial charge on any atom is 0.337 e. The number of tetrazole rings is 1. The molecule has 0 atom stereocenters. The van der Waals surface area contributed by atoms with Crippen LogP contribution in [0.25, 0.3) is 28.2 Å². The van der Waals surface area contributed by atoms with Crippen molar-refractivity contribution in [3.8, 4) is 28.2 Å². The number of hydrogen-bond acceptors (Lipinski definition) is 6. The van der Waals surface area contributed by atoms with E-state index in [9.17, 15) is 14.7 Å². The minimum Gasteiger partial charge on any atom is -0.478 e. The van der Waals surface area contributed by atoms with E-state index in [4.69, 9.17) is 0 Å². The number of unbranched alkanes of at least 4 members (excludes halogenated alkanes) is 1. The molecule has 41 heavy (non-hydrogen) atoms. The number of benzene rings is 2. The van der Waals surface area contributed by atoms with Gasteiger partial charge in [-0.2, -0.15) is 5.21 Å². The molecule has 2 N–H and O–H groups in total. The Morgan fingerprint density at radius 2 is 1.83 bits per heavy atom. The number of hydrogen-bond donors (Lipinski definition) is 2. The third kappa shape index (κ3) is 5.58. The van der Waals surface area contributed by atoms with Crippen molar-refractivity contribution in [2.75, 3.05) is 0 Å². The Balaban J connectivity index is 1.56. The van der Waals surface area contributed by atoms with Crippen LogP contribution in [0.1, 0.15) is 67.7 Å². The standard InChI is InChI=1S/C31H33N7O3/c1-5-6-8-22-19-38(27-24(29(39)40)9-7-10-26(27)31(2,3)4)30(41)37(22)18-20-11-13-21(14-12-20)23-15-16-32-17-25(23)28-33-35-36-34-28/h7,9-17,19H,5-6,8,18H2,1-4H3,(H,39,40)(H,33,34,35,36). The van der Waals surface area contributed by atoms with Gasteiger partial charge in [-0.1, -0.05) is 70.5 Å². The number of aromatic carboxylic acids is 1. The van der Waals surface area contributed by atoms with Crippen molar-refractivity contribution in [2.24, 2.45) is 0 Å². The summed E-state index contributed by atoms with van der Waals surface area (Å²) in [5.41, 5.74) is 5.17. The molecule has 5 aromatic rings. The van der Waals surface area contributed by atoms with Crippen molar-refractivity contribution in [3.63, 3.8) is 0 Å². The van der Waals surface area contributed by atoms with Crippen LogP contribution in [-0.4, -0.2) is 45.8 Å². The summed E-state index contributed by atoms with van der Waals surface area (Å²) in [5.74, 6) is -0.602. The van der Waals surface area contributed by atoms with Crippen LogP contribution < -0.4 is 5.69 Å². The first kappa shape index (κ1) is 27.7. The number of H-pyrrole nitrogens is 1. The summed E-state index contributed by atoms with van der Waals surface area (Å²) in [6, 6.07) is 15.1. The summed E-state index contributed by atoms with van der Waals surface area (Å²) in [6.07, 6.45) is 7.84. The molecule has 0 bridgehead atoms. The lowest BCUT2D eigenvalue weighted by Crippen LogP contribution is -2.28. The van der Waals surface area contributed by atoms with E-state index in [0.717, 1.165) is 46.4 Å². The van der Waals surface area contributed by atoms with Crippen molar-refractivity contribution in [1.82, 2.24) is 34.7 Å². The van der Waals surface area contributed by atoms with E-state index >= 15 is 0 Å². The Bertz CT molecular complexity index is 1730. The fourth-order valence-electron chi connectivity index (χ4n) is 5.07. The first-order chi connectivity index (χ1) is 19.7. The predicted octanol–water partition coefficient (Wildman–Crippen LogP) is 5.27. The van der Waals surface area contributed by atoms with Crippen molar-refractivity contribution >= 4 is 5.97 Å². The van der Waals surface area contributed by atoms with E-state index < -0.39 is 5.97 Å². The third-order valence-electron chi connectivity index (χ3n) is 7.18. The third-order valence-corrected chi connectivity index (χ3v) is 7.18. The van der Waals surface area contributed by atoms with Gasteiger partial charge in [-0.15, -0.1) is 10.2 Å². The molecule has 0 amide bonds. The van der Waals surface area contributed by atoms with Gasteiger partial charge in [0.1, 0.15) is 0 Å². The Morgan fingerprint density at radius 1 is 1.05 bits per heavy atom. The summed E-state index contributed by atoms with van der Waals surface area (Å²) >= 11 is 0. The van der Waals surface area contributed by atoms with E-state index in [1.54, 1.807) is 29.1 Å². The van der Waals surface area contributed by atoms with Crippen LogP contribution in [0.4, 0.5) is 0 Å². The maximum atomic E-state index is 14.0. The SMILES string of the molecule is CCCCc1cn(-c2c(C(=O)O)cccc2C(C)(C)C)c(=O)n1Cc1ccc(-c2ccncc2-c2nn[nH]n2)cc1. The van der Waals surface area contributed by atoms with Crippen LogP contribution in [0, 0.1) is 0 Å². The predicted molar refractivity (Wildman–Crippen MR) is 156 cm³/mol. The number of imidazole rings is 1. The molecule has 0 unspecified atom stereocenters. The monoisotopic (exact) mass is 551 g/mol. The second kappa shape index (κ2) is 11.3. The van der Waals surface area contributed by atoms with Gasteiger partial charge in [-0.25, -0.2) is 9.59 Å². The number of nitrogens with one attached hydrogen (secondary N) is 1. The van der Waals surface area contributed by atoms with Crippen LogP contribution in [0.2, 0.25) is 0 Å². The molecule has 10 nitrogen and oxygen atoms in total. The van der Waals surface area contributed by atoms with Crippen LogP contribution in [0.15, 0.2) is 71.9 Å². The van der Waals surface area contributed by atoms with Crippen LogP contribution in [0.3, 0.4) is 0 Å². The Morgan fingerprint density at radius 3 is 2.49 bits per heavy atom. The molecule has 0 saturated heterocycles. The zero-order valence-electron chi connectivity index (χ0n) is 23.6. The number of carboxylic acids is 1. The number of carboxylic acid groups (broad SMARTS) is 1. The van der Waals surface area contributed by atoms with Crippen molar-refractivity contribution in [2.45, 2.75) is 58.9 Å². The summed E-state index contributed by atoms with van der Waals surface area (Å²) in [5, 5.41) is 24.3. The highest BCUT2D eigenvalue weighted by molar-refractivity contribution is 5.93. The Labute approximate surface area is 237 Å². The number of aryl methyl sites for hydroxylation is 1. The molecule has 210 valence electrons. The van der Waals surface area contributed by atoms with E-state index in [1.807, 2.05) is 63.4 Å². The van der Waals surface area contributed by atoms with Gasteiger partial charge in [-0.05, 0) is 57.9 Å². The van der Waals surface area contributed by atoms with Gasteiger partial charge in [0.05, 0.1) is 17.8 Å². The number of aromatic nitrogens is 7. The summed E-state index contributed by atoms with van der Waals surface area (Å²) in [6.45, 7) is 8.53. The number of rotatable bonds is 9. The van der Waals surface area contributed by atoms with Gasteiger partial charge >= 0.3 is 11.7 Å². The highest BCUT2D eigenvalue weighted by atomic mass is 16.4. The van der Waals surface area contributed by atoms with E-state index in [-0.39, 0.29) is 16.7 Å². The molecule has 0 saturated carbocycles. The molecule has 0 aliphatic rings. The van der Waals surface area contributed by atoms with Crippen LogP contribution in [-0.2, 0) is 18.4 Å². The number of pyridine rings is 1. The molecule has 10 heteroatoms. The van der Waals surface area contributed by atoms with E-state index in [2.05, 4.69) is 32.5 Å². The lowest BCUT2D eigenvalue weighted by Gasteiger charge is -2.24. The zero-order valence-corrected chi connectivity index (χ0v) is 23.6. The zero-order chi connectivity index (χ0) is 29.1. The second-order valence-electron chi connectivity index (χ2n) is 11.1. The first-order valence-electron chi connectivity index (χ1n) is 13.6. The average molecular weight is 552 g/mol. The molecule has 2 aromatic carbocycles. The van der Waals surface area contributed by atoms with Gasteiger partial charge in [0.25, 0.3) is 0 Å². The lowest BCUT2D eigenvalue weighted by atomic mass is 9.84. The summed E-state index contributed by atoms with van der Waals surface area (Å²) < 4.78 is 3.28. The first-order valence-corrected chi connectivity index (χ1v) is 13.6. The van der Waals surface area contributed by atoms with E-state index in [1.165, 1.54) is 4.57 Å². The molecular formula is C31H33N7O3. The number of nitrogens with zero attached hydrogens (tertiary/aromatic N) is 6. The molecule has 0 spiro atoms. The van der Waals surface area contributed by atoms with Gasteiger partial charge in [0.2, 0.25) is 5.82 Å². The van der Waals surface area contributed by atoms with Gasteiger partial charge < -0.3 is 5.11 Å². The highest BCUT2D eigenvalue weighted by Gasteiger charge is 2.26. The smallest absolute Gasteiger partial charge is 0.337 e. The van der Waals surface area contributed by atoms with Gasteiger partial charge in [0, 0.05) is 29.8 Å². The molecule has 0 fully saturated rings. The number of carbonyl (C=O) groups is 1. The number of aromatic amines is 1. The lowest BCUT2D eigenvalue weighted by molar-refractivity contribution is 0.0696. The Hall–Kier alpha value is -4.86. The largest absolute Gasteiger partial charge is 0.478 e. The van der Waals surface area contributed by atoms with E-state index in [0.29, 0.717) is 24.5 Å². The molecule has 3 aromatic heterocycles. The fourth-order valence-corrected chi connectivity index (χ4v) is 5.07. The molecule has 0 radical (unpaired) electrons. The maximum absolute atomic E-state index is 14.0. The molecule has 0 aliphatic carbocycles. The Kier molecular flexibility index (Phi) is 7.65. The molecular weight excluding hydrogens is 518 g/mol. The van der Waals surface area contributed by atoms with Gasteiger partial charge in [0.15, 0.2) is 0 Å². The summed E-state index contributed by atoms with van der Waals surface area (Å²) in [4.78, 5) is 30.4. The normalized spacial score (nSPS) is 11.6. The average Bonchev–Trinajstić information content (AvgIpc) is 3.60. The quantitative estimate of drug-likeness (QED) is 0.255. The van der Waals surface area contributed by atoms with Crippen molar-refractivity contribution < 1.29 is 9.90 Å². The minimum atomic E-state index is -1.06. The molecule has 0 aliphatic heterocycles. The van der Waals surface area contributed by atoms with Gasteiger partial charge in [-0.3, -0.25) is 14.1 Å². The second-order valence-corrected chi connectivity index (χ2v) is 11.1. The van der Waals surface area contributed by atoms with Crippen molar-refractivity contribution in [1.29, 1.82) is 0 Å². The van der Waals surface area contributed by atoms with Crippen molar-refractivity contribution in [3.05, 3.63) is 100.0 Å².